The van der Waals surface area contributed by atoms with E-state index in [1.54, 1.807) is 15.8 Å². The summed E-state index contributed by atoms with van der Waals surface area (Å²) >= 11 is 0. The average molecular weight is 449 g/mol. The van der Waals surface area contributed by atoms with Crippen LogP contribution in [0.1, 0.15) is 25.0 Å². The molecule has 1 fully saturated rings. The van der Waals surface area contributed by atoms with E-state index >= 15 is 0 Å². The van der Waals surface area contributed by atoms with Crippen LogP contribution in [0, 0.1) is 5.92 Å². The molecule has 32 heavy (non-hydrogen) atoms. The van der Waals surface area contributed by atoms with Gasteiger partial charge >= 0.3 is 12.1 Å². The summed E-state index contributed by atoms with van der Waals surface area (Å²) in [4.78, 5) is 20.2. The van der Waals surface area contributed by atoms with Crippen molar-refractivity contribution in [2.24, 2.45) is 5.92 Å². The van der Waals surface area contributed by atoms with Crippen LogP contribution in [0.3, 0.4) is 0 Å². The molecule has 8 nitrogen and oxygen atoms in total. The van der Waals surface area contributed by atoms with Gasteiger partial charge in [0.25, 0.3) is 0 Å². The summed E-state index contributed by atoms with van der Waals surface area (Å²) in [6.45, 7) is 1.92. The fourth-order valence-corrected chi connectivity index (χ4v) is 3.71. The molecule has 0 spiro atoms. The van der Waals surface area contributed by atoms with Crippen molar-refractivity contribution in [3.63, 3.8) is 0 Å². The Kier molecular flexibility index (Phi) is 6.15. The lowest BCUT2D eigenvalue weighted by Gasteiger charge is -2.32. The molecule has 3 heterocycles. The number of anilines is 1. The number of piperidine rings is 1. The summed E-state index contributed by atoms with van der Waals surface area (Å²) in [5, 5.41) is 13.9. The SMILES string of the molecule is O=C(O)CCn1ncc2cc(OCC3CCN(c4nccc(C(F)(F)F)n4)CC3)ccc21. The van der Waals surface area contributed by atoms with Gasteiger partial charge in [-0.3, -0.25) is 9.48 Å². The van der Waals surface area contributed by atoms with Gasteiger partial charge in [0.15, 0.2) is 0 Å². The number of aryl methyl sites for hydroxylation is 1. The molecule has 1 aliphatic rings. The third-order valence-electron chi connectivity index (χ3n) is 5.47. The van der Waals surface area contributed by atoms with E-state index < -0.39 is 17.8 Å². The first-order chi connectivity index (χ1) is 15.3. The molecule has 0 aliphatic carbocycles. The van der Waals surface area contributed by atoms with Gasteiger partial charge < -0.3 is 14.7 Å². The van der Waals surface area contributed by atoms with Crippen LogP contribution in [0.4, 0.5) is 19.1 Å². The molecule has 1 N–H and O–H groups in total. The van der Waals surface area contributed by atoms with Crippen molar-refractivity contribution < 1.29 is 27.8 Å². The largest absolute Gasteiger partial charge is 0.493 e. The fourth-order valence-electron chi connectivity index (χ4n) is 3.71. The monoisotopic (exact) mass is 449 g/mol. The molecule has 1 aromatic carbocycles. The maximum Gasteiger partial charge on any atom is 0.433 e. The lowest BCUT2D eigenvalue weighted by atomic mass is 9.98. The van der Waals surface area contributed by atoms with Crippen LogP contribution in [-0.4, -0.2) is 50.5 Å². The maximum atomic E-state index is 12.9. The summed E-state index contributed by atoms with van der Waals surface area (Å²) in [5.41, 5.74) is -0.0948. The van der Waals surface area contributed by atoms with Crippen LogP contribution in [0.25, 0.3) is 10.9 Å². The molecular formula is C21H22F3N5O3. The zero-order valence-corrected chi connectivity index (χ0v) is 17.1. The lowest BCUT2D eigenvalue weighted by molar-refractivity contribution is -0.141. The topological polar surface area (TPSA) is 93.4 Å². The molecule has 11 heteroatoms. The predicted molar refractivity (Wildman–Crippen MR) is 109 cm³/mol. The molecule has 170 valence electrons. The van der Waals surface area contributed by atoms with Gasteiger partial charge in [0.2, 0.25) is 5.95 Å². The van der Waals surface area contributed by atoms with Gasteiger partial charge in [-0.1, -0.05) is 0 Å². The number of ether oxygens (including phenoxy) is 1. The van der Waals surface area contributed by atoms with Gasteiger partial charge in [-0.25, -0.2) is 9.97 Å². The molecule has 0 unspecified atom stereocenters. The predicted octanol–water partition coefficient (Wildman–Crippen LogP) is 3.62. The molecule has 0 atom stereocenters. The van der Waals surface area contributed by atoms with Crippen molar-refractivity contribution in [1.82, 2.24) is 19.7 Å². The van der Waals surface area contributed by atoms with Crippen molar-refractivity contribution in [1.29, 1.82) is 0 Å². The van der Waals surface area contributed by atoms with Crippen LogP contribution in [0.2, 0.25) is 0 Å². The molecule has 3 aromatic rings. The number of hydrogen-bond acceptors (Lipinski definition) is 6. The Morgan fingerprint density at radius 2 is 2.00 bits per heavy atom. The highest BCUT2D eigenvalue weighted by molar-refractivity contribution is 5.80. The first kappa shape index (κ1) is 21.8. The molecule has 0 amide bonds. The molecule has 2 aromatic heterocycles. The normalized spacial score (nSPS) is 15.3. The van der Waals surface area contributed by atoms with Gasteiger partial charge in [-0.15, -0.1) is 0 Å². The van der Waals surface area contributed by atoms with Crippen molar-refractivity contribution >= 4 is 22.8 Å². The summed E-state index contributed by atoms with van der Waals surface area (Å²) in [5.74, 6) is 0.189. The Balaban J connectivity index is 1.30. The smallest absolute Gasteiger partial charge is 0.433 e. The summed E-state index contributed by atoms with van der Waals surface area (Å²) in [6.07, 6.45) is -0.154. The third-order valence-corrected chi connectivity index (χ3v) is 5.47. The number of carboxylic acids is 1. The zero-order chi connectivity index (χ0) is 22.7. The first-order valence-electron chi connectivity index (χ1n) is 10.2. The number of aliphatic carboxylic acids is 1. The minimum Gasteiger partial charge on any atom is -0.493 e. The number of hydrogen-bond donors (Lipinski definition) is 1. The Morgan fingerprint density at radius 1 is 1.22 bits per heavy atom. The first-order valence-corrected chi connectivity index (χ1v) is 10.2. The number of carboxylic acid groups (broad SMARTS) is 1. The molecule has 0 bridgehead atoms. The van der Waals surface area contributed by atoms with E-state index in [1.807, 2.05) is 18.2 Å². The lowest BCUT2D eigenvalue weighted by Crippen LogP contribution is -2.36. The van der Waals surface area contributed by atoms with E-state index in [1.165, 1.54) is 0 Å². The van der Waals surface area contributed by atoms with E-state index in [9.17, 15) is 18.0 Å². The van der Waals surface area contributed by atoms with Gasteiger partial charge in [0, 0.05) is 24.7 Å². The Morgan fingerprint density at radius 3 is 2.72 bits per heavy atom. The van der Waals surface area contributed by atoms with E-state index in [0.717, 1.165) is 36.0 Å². The van der Waals surface area contributed by atoms with Crippen LogP contribution < -0.4 is 9.64 Å². The summed E-state index contributed by atoms with van der Waals surface area (Å²) < 4.78 is 46.2. The van der Waals surface area contributed by atoms with Crippen molar-refractivity contribution in [3.8, 4) is 5.75 Å². The Hall–Kier alpha value is -3.37. The van der Waals surface area contributed by atoms with E-state index in [2.05, 4.69) is 15.1 Å². The number of aromatic nitrogens is 4. The average Bonchev–Trinajstić information content (AvgIpc) is 3.18. The highest BCUT2D eigenvalue weighted by Crippen LogP contribution is 2.29. The minimum absolute atomic E-state index is 0.000726. The van der Waals surface area contributed by atoms with Gasteiger partial charge in [0.1, 0.15) is 11.4 Å². The van der Waals surface area contributed by atoms with Gasteiger partial charge in [-0.05, 0) is 43.0 Å². The van der Waals surface area contributed by atoms with E-state index in [-0.39, 0.29) is 18.3 Å². The fraction of sp³-hybridized carbons (Fsp3) is 0.429. The number of carbonyl (C=O) groups is 1. The Bertz CT molecular complexity index is 1090. The number of fused-ring (bicyclic) bond motifs is 1. The Labute approximate surface area is 181 Å². The second-order valence-corrected chi connectivity index (χ2v) is 7.71. The molecule has 4 rings (SSSR count). The number of alkyl halides is 3. The second kappa shape index (κ2) is 9.01. The van der Waals surface area contributed by atoms with Crippen LogP contribution in [0.5, 0.6) is 5.75 Å². The zero-order valence-electron chi connectivity index (χ0n) is 17.1. The molecule has 0 saturated carbocycles. The third kappa shape index (κ3) is 5.09. The van der Waals surface area contributed by atoms with Crippen LogP contribution in [0.15, 0.2) is 36.7 Å². The van der Waals surface area contributed by atoms with Crippen molar-refractivity contribution in [3.05, 3.63) is 42.4 Å². The standard InChI is InChI=1S/C21H22F3N5O3/c22-21(23,24)18-3-7-25-20(27-18)28-8-4-14(5-9-28)13-32-16-1-2-17-15(11-16)12-26-29(17)10-6-19(30)31/h1-3,7,11-12,14H,4-6,8-10,13H2,(H,30,31). The quantitative estimate of drug-likeness (QED) is 0.589. The highest BCUT2D eigenvalue weighted by Gasteiger charge is 2.33. The number of benzene rings is 1. The van der Waals surface area contributed by atoms with Crippen LogP contribution in [-0.2, 0) is 17.5 Å². The summed E-state index contributed by atoms with van der Waals surface area (Å²) in [7, 11) is 0. The molecule has 0 radical (unpaired) electrons. The highest BCUT2D eigenvalue weighted by atomic mass is 19.4. The molecule has 1 saturated heterocycles. The van der Waals surface area contributed by atoms with Gasteiger partial charge in [0.05, 0.1) is 31.3 Å². The van der Waals surface area contributed by atoms with Gasteiger partial charge in [-0.2, -0.15) is 18.3 Å². The van der Waals surface area contributed by atoms with E-state index in [0.29, 0.717) is 32.0 Å². The van der Waals surface area contributed by atoms with Crippen molar-refractivity contribution in [2.75, 3.05) is 24.6 Å². The number of nitrogens with zero attached hydrogens (tertiary/aromatic N) is 5. The van der Waals surface area contributed by atoms with Crippen LogP contribution >= 0.6 is 0 Å². The molecule has 1 aliphatic heterocycles. The number of rotatable bonds is 7. The van der Waals surface area contributed by atoms with Crippen molar-refractivity contribution in [2.45, 2.75) is 32.0 Å². The van der Waals surface area contributed by atoms with E-state index in [4.69, 9.17) is 9.84 Å². The molecular weight excluding hydrogens is 427 g/mol. The number of halogens is 3. The maximum absolute atomic E-state index is 12.9. The summed E-state index contributed by atoms with van der Waals surface area (Å²) in [6, 6.07) is 6.42. The minimum atomic E-state index is -4.49. The second-order valence-electron chi connectivity index (χ2n) is 7.71.